The summed E-state index contributed by atoms with van der Waals surface area (Å²) < 4.78 is 5.31. The third kappa shape index (κ3) is 6.16. The van der Waals surface area contributed by atoms with Gasteiger partial charge in [0, 0.05) is 18.2 Å². The van der Waals surface area contributed by atoms with E-state index < -0.39 is 76.0 Å². The average molecular weight is 637 g/mol. The van der Waals surface area contributed by atoms with Crippen molar-refractivity contribution in [3.05, 3.63) is 24.3 Å². The lowest BCUT2D eigenvalue weighted by atomic mass is 9.67. The lowest BCUT2D eigenvalue weighted by Crippen LogP contribution is -2.64. The average Bonchev–Trinajstić information content (AvgIpc) is 3.47. The number of aliphatic hydroxyl groups is 3. The molecule has 244 valence electrons. The van der Waals surface area contributed by atoms with Gasteiger partial charge in [-0.3, -0.25) is 24.0 Å². The number of amides is 2. The number of carbonyl (C=O) groups is 6. The molecule has 0 radical (unpaired) electrons. The van der Waals surface area contributed by atoms with E-state index in [0.29, 0.717) is 23.8 Å². The maximum absolute atomic E-state index is 12.8. The Morgan fingerprint density at radius 3 is 2.27 bits per heavy atom. The Morgan fingerprint density at radius 2 is 1.77 bits per heavy atom. The van der Waals surface area contributed by atoms with Gasteiger partial charge in [-0.1, -0.05) is 52.1 Å². The summed E-state index contributed by atoms with van der Waals surface area (Å²) in [4.78, 5) is 71.4. The standard InChI is InChI=1S/C16H26N2O6S.C15H18O4/c1-7(2)12(21)16(13(22)8(3)14(23)18-16)15(24)25-6-11(9(4)19)17-10(5)20;1-7-6-10-12(8(2)14(18)19-10)13(17)15(3)9(7)4-5-11(15)16/h7-8,11-13,21-22H,6H2,1-5H3,(H,17,20)(H,18,23);4-5,7,9-10,12-13,17H,2,6H2,1,3H3/t8-,11+,12+,13+,16-;7-,9+,10+,12+,13-,15-/m10/s1. The molecule has 4 aliphatic rings. The van der Waals surface area contributed by atoms with Crippen molar-refractivity contribution in [3.8, 4) is 0 Å². The largest absolute Gasteiger partial charge is 0.458 e. The molecule has 13 heteroatoms. The van der Waals surface area contributed by atoms with Gasteiger partial charge in [-0.05, 0) is 44.1 Å². The van der Waals surface area contributed by atoms with Gasteiger partial charge >= 0.3 is 5.97 Å². The number of rotatable bonds is 7. The third-order valence-corrected chi connectivity index (χ3v) is 10.6. The van der Waals surface area contributed by atoms with Crippen molar-refractivity contribution in [3.63, 3.8) is 0 Å². The van der Waals surface area contributed by atoms with Crippen molar-refractivity contribution in [2.75, 3.05) is 5.75 Å². The first kappa shape index (κ1) is 35.6. The minimum absolute atomic E-state index is 0.00731. The highest BCUT2D eigenvalue weighted by Gasteiger charge is 2.61. The SMILES string of the molecule is C=C1C(=O)O[C@@H]2C[C@H](C)[C@H]3C=CC(=O)[C@@]3(C)[C@@H](O)[C@H]12.CC(=O)N[C@@H](CSC(=O)[C@]1([C@@H](O)C(C)C)NC(=O)[C@H](C)[C@@H]1O)C(C)=O. The summed E-state index contributed by atoms with van der Waals surface area (Å²) in [5.74, 6) is -3.36. The molecular formula is C31H44N2O10S. The summed E-state index contributed by atoms with van der Waals surface area (Å²) in [6.07, 6.45) is 0.140. The molecule has 0 bridgehead atoms. The Hall–Kier alpha value is -2.87. The molecule has 3 fully saturated rings. The molecule has 2 saturated heterocycles. The summed E-state index contributed by atoms with van der Waals surface area (Å²) in [6, 6.07) is -0.869. The molecule has 11 atom stereocenters. The molecule has 0 aromatic heterocycles. The third-order valence-electron chi connectivity index (χ3n) is 9.54. The van der Waals surface area contributed by atoms with Crippen molar-refractivity contribution >= 4 is 46.2 Å². The molecule has 0 spiro atoms. The van der Waals surface area contributed by atoms with Crippen LogP contribution >= 0.6 is 11.8 Å². The molecule has 5 N–H and O–H groups in total. The van der Waals surface area contributed by atoms with Gasteiger partial charge in [-0.25, -0.2) is 4.79 Å². The van der Waals surface area contributed by atoms with Gasteiger partial charge in [0.25, 0.3) is 0 Å². The van der Waals surface area contributed by atoms with Crippen LogP contribution in [0.25, 0.3) is 0 Å². The zero-order valence-corrected chi connectivity index (χ0v) is 27.0. The quantitative estimate of drug-likeness (QED) is 0.192. The van der Waals surface area contributed by atoms with Crippen LogP contribution in [0, 0.1) is 35.0 Å². The highest BCUT2D eigenvalue weighted by Crippen LogP contribution is 2.53. The first-order chi connectivity index (χ1) is 20.3. The van der Waals surface area contributed by atoms with Crippen LogP contribution in [0.3, 0.4) is 0 Å². The zero-order chi connectivity index (χ0) is 33.5. The van der Waals surface area contributed by atoms with E-state index in [1.807, 2.05) is 13.0 Å². The number of ketones is 2. The van der Waals surface area contributed by atoms with E-state index in [1.54, 1.807) is 26.8 Å². The molecular weight excluding hydrogens is 592 g/mol. The van der Waals surface area contributed by atoms with Crippen LogP contribution in [-0.4, -0.2) is 91.5 Å². The monoisotopic (exact) mass is 636 g/mol. The van der Waals surface area contributed by atoms with Gasteiger partial charge in [-0.2, -0.15) is 0 Å². The minimum atomic E-state index is -1.84. The summed E-state index contributed by atoms with van der Waals surface area (Å²) in [7, 11) is 0. The summed E-state index contributed by atoms with van der Waals surface area (Å²) >= 11 is 0.695. The molecule has 2 aliphatic carbocycles. The minimum Gasteiger partial charge on any atom is -0.458 e. The summed E-state index contributed by atoms with van der Waals surface area (Å²) in [5.41, 5.74) is -2.41. The lowest BCUT2D eigenvalue weighted by Gasteiger charge is -2.37. The molecule has 2 amide bonds. The number of allylic oxidation sites excluding steroid dienone is 2. The fraction of sp³-hybridized carbons (Fsp3) is 0.677. The van der Waals surface area contributed by atoms with E-state index in [-0.39, 0.29) is 35.3 Å². The van der Waals surface area contributed by atoms with Crippen LogP contribution in [0.15, 0.2) is 24.3 Å². The van der Waals surface area contributed by atoms with Gasteiger partial charge in [0.15, 0.2) is 17.1 Å². The van der Waals surface area contributed by atoms with E-state index in [0.717, 1.165) is 0 Å². The predicted octanol–water partition coefficient (Wildman–Crippen LogP) is 0.469. The first-order valence-electron chi connectivity index (χ1n) is 14.8. The topological polar surface area (TPSA) is 196 Å². The van der Waals surface area contributed by atoms with Crippen LogP contribution in [0.2, 0.25) is 0 Å². The van der Waals surface area contributed by atoms with Crippen molar-refractivity contribution in [2.45, 2.75) is 90.9 Å². The fourth-order valence-electron chi connectivity index (χ4n) is 6.76. The molecule has 2 aliphatic heterocycles. The molecule has 1 saturated carbocycles. The van der Waals surface area contributed by atoms with Crippen molar-refractivity contribution in [1.82, 2.24) is 10.6 Å². The van der Waals surface area contributed by atoms with Crippen LogP contribution < -0.4 is 10.6 Å². The Balaban J connectivity index is 0.000000248. The Labute approximate surface area is 261 Å². The lowest BCUT2D eigenvalue weighted by molar-refractivity contribution is -0.140. The number of esters is 1. The number of carbonyl (C=O) groups excluding carboxylic acids is 6. The number of fused-ring (bicyclic) bond motifs is 2. The Morgan fingerprint density at radius 1 is 1.16 bits per heavy atom. The maximum Gasteiger partial charge on any atom is 0.334 e. The number of ether oxygens (including phenoxy) is 1. The smallest absolute Gasteiger partial charge is 0.334 e. The Bertz CT molecular complexity index is 1270. The summed E-state index contributed by atoms with van der Waals surface area (Å²) in [5, 5.41) is 36.0. The van der Waals surface area contributed by atoms with E-state index in [2.05, 4.69) is 17.2 Å². The number of aliphatic hydroxyl groups excluding tert-OH is 3. The number of thioether (sulfide) groups is 1. The second-order valence-corrected chi connectivity index (χ2v) is 13.9. The van der Waals surface area contributed by atoms with Gasteiger partial charge in [0.05, 0.1) is 41.6 Å². The second-order valence-electron chi connectivity index (χ2n) is 12.9. The molecule has 0 unspecified atom stereocenters. The number of hydrogen-bond donors (Lipinski definition) is 5. The molecule has 0 aromatic carbocycles. The molecule has 44 heavy (non-hydrogen) atoms. The number of Topliss-reactive ketones (excluding diaryl/α,β-unsaturated/α-hetero) is 1. The van der Waals surface area contributed by atoms with Crippen molar-refractivity contribution in [1.29, 1.82) is 0 Å². The highest BCUT2D eigenvalue weighted by molar-refractivity contribution is 8.13. The first-order valence-corrected chi connectivity index (χ1v) is 15.7. The normalized spacial score (nSPS) is 37.2. The van der Waals surface area contributed by atoms with Crippen molar-refractivity contribution in [2.24, 2.45) is 35.0 Å². The van der Waals surface area contributed by atoms with Gasteiger partial charge in [0.2, 0.25) is 16.9 Å². The maximum atomic E-state index is 12.8. The van der Waals surface area contributed by atoms with E-state index in [1.165, 1.54) is 20.8 Å². The van der Waals surface area contributed by atoms with Crippen LogP contribution in [0.4, 0.5) is 0 Å². The number of hydrogen-bond acceptors (Lipinski definition) is 11. The second kappa shape index (κ2) is 13.2. The van der Waals surface area contributed by atoms with E-state index in [9.17, 15) is 44.1 Å². The van der Waals surface area contributed by atoms with Crippen molar-refractivity contribution < 1.29 is 48.8 Å². The van der Waals surface area contributed by atoms with Crippen LogP contribution in [0.1, 0.15) is 54.9 Å². The molecule has 2 heterocycles. The van der Waals surface area contributed by atoms with E-state index >= 15 is 0 Å². The van der Waals surface area contributed by atoms with Gasteiger partial charge in [0.1, 0.15) is 6.10 Å². The Kier molecular flexibility index (Phi) is 10.7. The molecule has 4 rings (SSSR count). The van der Waals surface area contributed by atoms with Crippen LogP contribution in [0.5, 0.6) is 0 Å². The molecule has 0 aromatic rings. The van der Waals surface area contributed by atoms with Gasteiger partial charge in [-0.15, -0.1) is 0 Å². The fourth-order valence-corrected chi connectivity index (χ4v) is 7.93. The van der Waals surface area contributed by atoms with Crippen LogP contribution in [-0.2, 0) is 33.5 Å². The zero-order valence-electron chi connectivity index (χ0n) is 26.2. The van der Waals surface area contributed by atoms with Gasteiger partial charge < -0.3 is 30.7 Å². The highest BCUT2D eigenvalue weighted by atomic mass is 32.2. The predicted molar refractivity (Wildman–Crippen MR) is 161 cm³/mol. The summed E-state index contributed by atoms with van der Waals surface area (Å²) in [6.45, 7) is 14.9. The number of nitrogens with one attached hydrogen (secondary N) is 2. The molecule has 12 nitrogen and oxygen atoms in total. The van der Waals surface area contributed by atoms with E-state index in [4.69, 9.17) is 4.74 Å².